The highest BCUT2D eigenvalue weighted by atomic mass is 32.2. The molecule has 1 aromatic carbocycles. The van der Waals surface area contributed by atoms with Crippen molar-refractivity contribution >= 4 is 27.6 Å². The van der Waals surface area contributed by atoms with Crippen LogP contribution in [-0.4, -0.2) is 38.1 Å². The Hall–Kier alpha value is -2.29. The fraction of sp³-hybridized carbons (Fsp3) is 0.385. The van der Waals surface area contributed by atoms with E-state index < -0.39 is 22.0 Å². The SMILES string of the molecule is CCOc1ccc2c(c1)S(=O)(=O)NC(=NC(CC)C(=O)O)N2. The van der Waals surface area contributed by atoms with Gasteiger partial charge >= 0.3 is 5.97 Å². The number of aliphatic carboxylic acids is 1. The van der Waals surface area contributed by atoms with Crippen molar-refractivity contribution < 1.29 is 23.1 Å². The van der Waals surface area contributed by atoms with E-state index in [0.29, 0.717) is 18.0 Å². The number of aliphatic imine (C=N–C) groups is 1. The molecule has 1 aliphatic heterocycles. The van der Waals surface area contributed by atoms with Crippen molar-refractivity contribution in [2.45, 2.75) is 31.2 Å². The van der Waals surface area contributed by atoms with E-state index >= 15 is 0 Å². The molecule has 0 saturated carbocycles. The number of nitrogens with one attached hydrogen (secondary N) is 2. The molecular formula is C13H17N3O5S. The maximum atomic E-state index is 12.2. The summed E-state index contributed by atoms with van der Waals surface area (Å²) in [6.45, 7) is 3.87. The van der Waals surface area contributed by atoms with Gasteiger partial charge in [-0.05, 0) is 25.5 Å². The highest BCUT2D eigenvalue weighted by Crippen LogP contribution is 2.29. The number of nitrogens with zero attached hydrogens (tertiary/aromatic N) is 1. The molecule has 0 radical (unpaired) electrons. The van der Waals surface area contributed by atoms with E-state index in [-0.39, 0.29) is 17.3 Å². The number of hydrogen-bond donors (Lipinski definition) is 3. The van der Waals surface area contributed by atoms with Crippen LogP contribution in [0.25, 0.3) is 0 Å². The van der Waals surface area contributed by atoms with Crippen LogP contribution in [0.5, 0.6) is 5.75 Å². The summed E-state index contributed by atoms with van der Waals surface area (Å²) >= 11 is 0. The number of carboxylic acid groups (broad SMARTS) is 1. The Morgan fingerprint density at radius 1 is 1.41 bits per heavy atom. The number of anilines is 1. The van der Waals surface area contributed by atoms with Crippen LogP contribution in [0, 0.1) is 0 Å². The molecule has 1 heterocycles. The number of ether oxygens (including phenoxy) is 1. The lowest BCUT2D eigenvalue weighted by Crippen LogP contribution is -2.42. The highest BCUT2D eigenvalue weighted by molar-refractivity contribution is 7.90. The molecule has 0 aromatic heterocycles. The number of rotatable bonds is 5. The van der Waals surface area contributed by atoms with Crippen molar-refractivity contribution in [2.24, 2.45) is 4.99 Å². The molecule has 0 fully saturated rings. The molecule has 1 unspecified atom stereocenters. The number of sulfonamides is 1. The van der Waals surface area contributed by atoms with Crippen LogP contribution >= 0.6 is 0 Å². The Labute approximate surface area is 128 Å². The van der Waals surface area contributed by atoms with Gasteiger partial charge in [0.05, 0.1) is 12.3 Å². The largest absolute Gasteiger partial charge is 0.494 e. The summed E-state index contributed by atoms with van der Waals surface area (Å²) in [7, 11) is -3.83. The molecule has 120 valence electrons. The van der Waals surface area contributed by atoms with Gasteiger partial charge in [-0.3, -0.25) is 0 Å². The lowest BCUT2D eigenvalue weighted by molar-refractivity contribution is -0.138. The second-order valence-electron chi connectivity index (χ2n) is 4.56. The minimum atomic E-state index is -3.83. The molecule has 1 aromatic rings. The van der Waals surface area contributed by atoms with Gasteiger partial charge in [-0.25, -0.2) is 22.9 Å². The van der Waals surface area contributed by atoms with Crippen molar-refractivity contribution in [2.75, 3.05) is 11.9 Å². The van der Waals surface area contributed by atoms with Crippen molar-refractivity contribution in [3.8, 4) is 5.75 Å². The summed E-state index contributed by atoms with van der Waals surface area (Å²) < 4.78 is 32.0. The van der Waals surface area contributed by atoms with Gasteiger partial charge in [0.25, 0.3) is 10.0 Å². The van der Waals surface area contributed by atoms with E-state index in [9.17, 15) is 13.2 Å². The second-order valence-corrected chi connectivity index (χ2v) is 6.21. The van der Waals surface area contributed by atoms with Gasteiger partial charge in [0.2, 0.25) is 5.96 Å². The van der Waals surface area contributed by atoms with Crippen LogP contribution in [0.4, 0.5) is 5.69 Å². The summed E-state index contributed by atoms with van der Waals surface area (Å²) in [5.74, 6) is -0.787. The molecule has 0 saturated heterocycles. The lowest BCUT2D eigenvalue weighted by atomic mass is 10.2. The summed E-state index contributed by atoms with van der Waals surface area (Å²) in [5.41, 5.74) is 0.321. The smallest absolute Gasteiger partial charge is 0.328 e. The van der Waals surface area contributed by atoms with E-state index in [0.717, 1.165) is 0 Å². The van der Waals surface area contributed by atoms with Gasteiger partial charge in [-0.1, -0.05) is 6.92 Å². The van der Waals surface area contributed by atoms with Gasteiger partial charge in [-0.2, -0.15) is 0 Å². The molecule has 2 rings (SSSR count). The topological polar surface area (TPSA) is 117 Å². The zero-order valence-corrected chi connectivity index (χ0v) is 13.0. The predicted molar refractivity (Wildman–Crippen MR) is 80.7 cm³/mol. The number of benzene rings is 1. The van der Waals surface area contributed by atoms with E-state index in [2.05, 4.69) is 15.0 Å². The summed E-state index contributed by atoms with van der Waals surface area (Å²) in [6.07, 6.45) is 0.248. The van der Waals surface area contributed by atoms with E-state index in [1.165, 1.54) is 6.07 Å². The maximum absolute atomic E-state index is 12.2. The molecule has 0 aliphatic carbocycles. The molecule has 8 nitrogen and oxygen atoms in total. The summed E-state index contributed by atoms with van der Waals surface area (Å²) in [4.78, 5) is 14.9. The number of fused-ring (bicyclic) bond motifs is 1. The average molecular weight is 327 g/mol. The second kappa shape index (κ2) is 6.22. The third kappa shape index (κ3) is 3.30. The van der Waals surface area contributed by atoms with Gasteiger partial charge in [-0.15, -0.1) is 0 Å². The zero-order valence-electron chi connectivity index (χ0n) is 12.2. The Balaban J connectivity index is 2.39. The van der Waals surface area contributed by atoms with Crippen LogP contribution < -0.4 is 14.8 Å². The van der Waals surface area contributed by atoms with Crippen LogP contribution in [0.1, 0.15) is 20.3 Å². The van der Waals surface area contributed by atoms with Gasteiger partial charge < -0.3 is 15.2 Å². The fourth-order valence-electron chi connectivity index (χ4n) is 1.96. The molecule has 1 aliphatic rings. The Morgan fingerprint density at radius 2 is 2.14 bits per heavy atom. The molecule has 0 spiro atoms. The molecule has 0 amide bonds. The van der Waals surface area contributed by atoms with Crippen LogP contribution in [-0.2, 0) is 14.8 Å². The summed E-state index contributed by atoms with van der Waals surface area (Å²) in [5, 5.41) is 11.8. The fourth-order valence-corrected chi connectivity index (χ4v) is 3.10. The van der Waals surface area contributed by atoms with Gasteiger partial charge in [0, 0.05) is 6.07 Å². The first-order chi connectivity index (χ1) is 10.4. The van der Waals surface area contributed by atoms with Crippen LogP contribution in [0.15, 0.2) is 28.1 Å². The van der Waals surface area contributed by atoms with Crippen molar-refractivity contribution in [3.63, 3.8) is 0 Å². The van der Waals surface area contributed by atoms with Gasteiger partial charge in [0.15, 0.2) is 6.04 Å². The zero-order chi connectivity index (χ0) is 16.3. The first-order valence-electron chi connectivity index (χ1n) is 6.74. The Kier molecular flexibility index (Phi) is 4.55. The number of carboxylic acids is 1. The predicted octanol–water partition coefficient (Wildman–Crippen LogP) is 1.01. The normalized spacial score (nSPS) is 18.7. The van der Waals surface area contributed by atoms with Crippen LogP contribution in [0.3, 0.4) is 0 Å². The molecule has 9 heteroatoms. The highest BCUT2D eigenvalue weighted by Gasteiger charge is 2.28. The third-order valence-electron chi connectivity index (χ3n) is 2.99. The van der Waals surface area contributed by atoms with E-state index in [4.69, 9.17) is 9.84 Å². The molecule has 22 heavy (non-hydrogen) atoms. The Bertz CT molecular complexity index is 714. The lowest BCUT2D eigenvalue weighted by Gasteiger charge is -2.22. The van der Waals surface area contributed by atoms with Crippen LogP contribution in [0.2, 0.25) is 0 Å². The van der Waals surface area contributed by atoms with Crippen molar-refractivity contribution in [1.82, 2.24) is 4.72 Å². The first kappa shape index (κ1) is 16.1. The van der Waals surface area contributed by atoms with Crippen molar-refractivity contribution in [1.29, 1.82) is 0 Å². The molecule has 0 bridgehead atoms. The minimum absolute atomic E-state index is 0.0285. The maximum Gasteiger partial charge on any atom is 0.328 e. The molecule has 1 atom stereocenters. The van der Waals surface area contributed by atoms with Gasteiger partial charge in [0.1, 0.15) is 10.6 Å². The summed E-state index contributed by atoms with van der Waals surface area (Å²) in [6, 6.07) is 3.56. The average Bonchev–Trinajstić information content (AvgIpc) is 2.45. The minimum Gasteiger partial charge on any atom is -0.494 e. The molecule has 3 N–H and O–H groups in total. The monoisotopic (exact) mass is 327 g/mol. The first-order valence-corrected chi connectivity index (χ1v) is 8.23. The number of guanidine groups is 1. The third-order valence-corrected chi connectivity index (χ3v) is 4.37. The number of hydrogen-bond acceptors (Lipinski definition) is 5. The Morgan fingerprint density at radius 3 is 2.73 bits per heavy atom. The van der Waals surface area contributed by atoms with E-state index in [1.54, 1.807) is 26.0 Å². The standard InChI is InChI=1S/C13H17N3O5S/c1-3-9(12(17)18)14-13-15-10-6-5-8(21-4-2)7-11(10)22(19,20)16-13/h5-7,9H,3-4H2,1-2H3,(H,17,18)(H2,14,15,16). The van der Waals surface area contributed by atoms with Crippen molar-refractivity contribution in [3.05, 3.63) is 18.2 Å². The number of carbonyl (C=O) groups is 1. The van der Waals surface area contributed by atoms with E-state index in [1.807, 2.05) is 0 Å². The molecular weight excluding hydrogens is 310 g/mol. The quantitative estimate of drug-likeness (QED) is 0.743.